The predicted octanol–water partition coefficient (Wildman–Crippen LogP) is 5.03. The van der Waals surface area contributed by atoms with Gasteiger partial charge in [0.05, 0.1) is 5.70 Å². The third-order valence-corrected chi connectivity index (χ3v) is 4.09. The van der Waals surface area contributed by atoms with Crippen molar-refractivity contribution in [2.45, 2.75) is 45.4 Å². The first-order valence-electron chi connectivity index (χ1n) is 7.82. The van der Waals surface area contributed by atoms with E-state index in [0.29, 0.717) is 0 Å². The Morgan fingerprint density at radius 1 is 1.33 bits per heavy atom. The SMILES string of the molecule is C=C(c1cccc(C)c1)N(C#N)CCC1=CCCCCC1. The molecule has 0 bridgehead atoms. The molecule has 2 rings (SSSR count). The molecule has 2 heteroatoms. The number of benzene rings is 1. The van der Waals surface area contributed by atoms with E-state index in [1.54, 1.807) is 4.90 Å². The Morgan fingerprint density at radius 3 is 2.95 bits per heavy atom. The molecule has 1 aliphatic carbocycles. The molecule has 2 nitrogen and oxygen atoms in total. The largest absolute Gasteiger partial charge is 0.279 e. The molecule has 0 heterocycles. The third-order valence-electron chi connectivity index (χ3n) is 4.09. The molecule has 21 heavy (non-hydrogen) atoms. The molecule has 1 aliphatic rings. The van der Waals surface area contributed by atoms with Crippen LogP contribution in [-0.4, -0.2) is 11.4 Å². The van der Waals surface area contributed by atoms with E-state index in [0.717, 1.165) is 24.2 Å². The van der Waals surface area contributed by atoms with Crippen LogP contribution in [0.15, 0.2) is 42.5 Å². The van der Waals surface area contributed by atoms with Gasteiger partial charge in [-0.3, -0.25) is 4.90 Å². The quantitative estimate of drug-likeness (QED) is 0.430. The lowest BCUT2D eigenvalue weighted by Crippen LogP contribution is -2.17. The molecule has 0 aromatic heterocycles. The highest BCUT2D eigenvalue weighted by Crippen LogP contribution is 2.22. The molecule has 0 aliphatic heterocycles. The normalized spacial score (nSPS) is 14.8. The van der Waals surface area contributed by atoms with Gasteiger partial charge in [0, 0.05) is 6.54 Å². The van der Waals surface area contributed by atoms with E-state index >= 15 is 0 Å². The van der Waals surface area contributed by atoms with E-state index < -0.39 is 0 Å². The second-order valence-electron chi connectivity index (χ2n) is 5.78. The van der Waals surface area contributed by atoms with Gasteiger partial charge in [0.2, 0.25) is 0 Å². The fourth-order valence-electron chi connectivity index (χ4n) is 2.79. The summed E-state index contributed by atoms with van der Waals surface area (Å²) in [5, 5.41) is 9.41. The molecule has 0 saturated heterocycles. The van der Waals surface area contributed by atoms with Crippen LogP contribution in [0.5, 0.6) is 0 Å². The Labute approximate surface area is 128 Å². The Morgan fingerprint density at radius 2 is 2.19 bits per heavy atom. The van der Waals surface area contributed by atoms with Crippen molar-refractivity contribution in [2.75, 3.05) is 6.54 Å². The van der Waals surface area contributed by atoms with Gasteiger partial charge in [-0.1, -0.05) is 48.4 Å². The van der Waals surface area contributed by atoms with Gasteiger partial charge in [-0.25, -0.2) is 0 Å². The standard InChI is InChI=1S/C19H24N2/c1-16-8-7-11-19(14-16)17(2)21(15-20)13-12-18-9-5-3-4-6-10-18/h7-9,11,14H,2-6,10,12-13H2,1H3. The molecule has 0 atom stereocenters. The van der Waals surface area contributed by atoms with E-state index in [2.05, 4.69) is 37.9 Å². The van der Waals surface area contributed by atoms with Crippen LogP contribution in [0.3, 0.4) is 0 Å². The van der Waals surface area contributed by atoms with E-state index in [1.807, 2.05) is 12.1 Å². The van der Waals surface area contributed by atoms with Gasteiger partial charge >= 0.3 is 0 Å². The molecule has 1 aromatic rings. The summed E-state index contributed by atoms with van der Waals surface area (Å²) in [5.41, 5.74) is 4.53. The number of rotatable bonds is 5. The monoisotopic (exact) mass is 280 g/mol. The molecule has 0 saturated carbocycles. The zero-order chi connectivity index (χ0) is 15.1. The zero-order valence-corrected chi connectivity index (χ0v) is 12.9. The number of hydrogen-bond acceptors (Lipinski definition) is 2. The number of allylic oxidation sites excluding steroid dienone is 1. The number of hydrogen-bond donors (Lipinski definition) is 0. The highest BCUT2D eigenvalue weighted by Gasteiger charge is 2.11. The van der Waals surface area contributed by atoms with Crippen LogP contribution >= 0.6 is 0 Å². The molecular formula is C19H24N2. The number of nitrogens with zero attached hydrogens (tertiary/aromatic N) is 2. The summed E-state index contributed by atoms with van der Waals surface area (Å²) in [6.07, 6.45) is 11.9. The van der Waals surface area contributed by atoms with Gasteiger partial charge in [-0.15, -0.1) is 0 Å². The zero-order valence-electron chi connectivity index (χ0n) is 12.9. The van der Waals surface area contributed by atoms with Gasteiger partial charge < -0.3 is 0 Å². The smallest absolute Gasteiger partial charge is 0.184 e. The summed E-state index contributed by atoms with van der Waals surface area (Å²) in [4.78, 5) is 1.72. The van der Waals surface area contributed by atoms with Crippen molar-refractivity contribution in [1.29, 1.82) is 5.26 Å². The van der Waals surface area contributed by atoms with Crippen molar-refractivity contribution < 1.29 is 0 Å². The minimum Gasteiger partial charge on any atom is -0.279 e. The second kappa shape index (κ2) is 7.69. The van der Waals surface area contributed by atoms with Gasteiger partial charge in [0.1, 0.15) is 0 Å². The van der Waals surface area contributed by atoms with Crippen LogP contribution < -0.4 is 0 Å². The average Bonchev–Trinajstić information content (AvgIpc) is 2.76. The van der Waals surface area contributed by atoms with Crippen molar-refractivity contribution in [1.82, 2.24) is 4.90 Å². The van der Waals surface area contributed by atoms with Gasteiger partial charge in [-0.2, -0.15) is 5.26 Å². The van der Waals surface area contributed by atoms with Crippen molar-refractivity contribution in [2.24, 2.45) is 0 Å². The highest BCUT2D eigenvalue weighted by molar-refractivity contribution is 5.63. The molecule has 0 amide bonds. The van der Waals surface area contributed by atoms with Crippen LogP contribution in [-0.2, 0) is 0 Å². The molecular weight excluding hydrogens is 256 g/mol. The molecule has 110 valence electrons. The number of aryl methyl sites for hydroxylation is 1. The first-order chi connectivity index (χ1) is 10.2. The fourth-order valence-corrected chi connectivity index (χ4v) is 2.79. The molecule has 0 spiro atoms. The van der Waals surface area contributed by atoms with Gasteiger partial charge in [0.25, 0.3) is 0 Å². The fraction of sp³-hybridized carbons (Fsp3) is 0.421. The summed E-state index contributed by atoms with van der Waals surface area (Å²) in [7, 11) is 0. The van der Waals surface area contributed by atoms with Crippen LogP contribution in [0.2, 0.25) is 0 Å². The molecule has 0 N–H and O–H groups in total. The van der Waals surface area contributed by atoms with Gasteiger partial charge in [-0.05, 0) is 50.7 Å². The lowest BCUT2D eigenvalue weighted by molar-refractivity contribution is 0.542. The third kappa shape index (κ3) is 4.49. The summed E-state index contributed by atoms with van der Waals surface area (Å²) in [6, 6.07) is 8.17. The molecule has 0 unspecified atom stereocenters. The Bertz CT molecular complexity index is 563. The van der Waals surface area contributed by atoms with Crippen LogP contribution in [0.1, 0.15) is 49.7 Å². The lowest BCUT2D eigenvalue weighted by atomic mass is 10.1. The lowest BCUT2D eigenvalue weighted by Gasteiger charge is -2.19. The molecule has 0 radical (unpaired) electrons. The van der Waals surface area contributed by atoms with E-state index in [-0.39, 0.29) is 0 Å². The maximum atomic E-state index is 9.41. The summed E-state index contributed by atoms with van der Waals surface area (Å²) < 4.78 is 0. The highest BCUT2D eigenvalue weighted by atomic mass is 15.1. The van der Waals surface area contributed by atoms with E-state index in [1.165, 1.54) is 43.2 Å². The van der Waals surface area contributed by atoms with Crippen molar-refractivity contribution in [3.05, 3.63) is 53.6 Å². The second-order valence-corrected chi connectivity index (χ2v) is 5.78. The maximum absolute atomic E-state index is 9.41. The van der Waals surface area contributed by atoms with Crippen molar-refractivity contribution >= 4 is 5.70 Å². The van der Waals surface area contributed by atoms with Crippen molar-refractivity contribution in [3.8, 4) is 6.19 Å². The summed E-state index contributed by atoms with van der Waals surface area (Å²) >= 11 is 0. The Kier molecular flexibility index (Phi) is 5.63. The van der Waals surface area contributed by atoms with Crippen molar-refractivity contribution in [3.63, 3.8) is 0 Å². The predicted molar refractivity (Wildman–Crippen MR) is 88.3 cm³/mol. The summed E-state index contributed by atoms with van der Waals surface area (Å²) in [6.45, 7) is 6.89. The topological polar surface area (TPSA) is 27.0 Å². The summed E-state index contributed by atoms with van der Waals surface area (Å²) in [5.74, 6) is 0. The number of nitriles is 1. The first kappa shape index (κ1) is 15.4. The van der Waals surface area contributed by atoms with Crippen LogP contribution in [0, 0.1) is 18.4 Å². The Hall–Kier alpha value is -2.01. The van der Waals surface area contributed by atoms with Crippen LogP contribution in [0.25, 0.3) is 5.70 Å². The maximum Gasteiger partial charge on any atom is 0.184 e. The van der Waals surface area contributed by atoms with E-state index in [4.69, 9.17) is 0 Å². The van der Waals surface area contributed by atoms with Crippen LogP contribution in [0.4, 0.5) is 0 Å². The minimum absolute atomic E-state index is 0.731. The average molecular weight is 280 g/mol. The molecule has 1 aromatic carbocycles. The Balaban J connectivity index is 1.98. The first-order valence-corrected chi connectivity index (χ1v) is 7.82. The van der Waals surface area contributed by atoms with Gasteiger partial charge in [0.15, 0.2) is 6.19 Å². The molecule has 0 fully saturated rings. The van der Waals surface area contributed by atoms with E-state index in [9.17, 15) is 5.26 Å². The minimum atomic E-state index is 0.731.